The molecule has 2 rings (SSSR count). The molecule has 0 atom stereocenters. The van der Waals surface area contributed by atoms with Gasteiger partial charge in [0.1, 0.15) is 6.61 Å². The Balaban J connectivity index is 2.27. The van der Waals surface area contributed by atoms with Gasteiger partial charge in [-0.15, -0.1) is 0 Å². The predicted molar refractivity (Wildman–Crippen MR) is 75.3 cm³/mol. The highest BCUT2D eigenvalue weighted by molar-refractivity contribution is 6.04. The van der Waals surface area contributed by atoms with Crippen molar-refractivity contribution in [3.05, 3.63) is 71.3 Å². The summed E-state index contributed by atoms with van der Waals surface area (Å²) in [5, 5.41) is 3.01. The summed E-state index contributed by atoms with van der Waals surface area (Å²) in [7, 11) is 0. The molecular weight excluding hydrogens is 336 g/mol. The summed E-state index contributed by atoms with van der Waals surface area (Å²) in [6.07, 6.45) is -9.71. The van der Waals surface area contributed by atoms with Crippen molar-refractivity contribution in [1.82, 2.24) is 0 Å². The zero-order chi connectivity index (χ0) is 17.8. The molecule has 8 heteroatoms. The molecule has 0 aliphatic rings. The molecule has 0 aliphatic heterocycles. The molecular formula is C16H11F6NO. The summed E-state index contributed by atoms with van der Waals surface area (Å²) in [5.41, 5.74) is -2.86. The van der Waals surface area contributed by atoms with Crippen LogP contribution in [0.2, 0.25) is 0 Å². The topological polar surface area (TPSA) is 21.6 Å². The number of rotatable bonds is 4. The number of nitrogens with zero attached hydrogens (tertiary/aromatic N) is 1. The van der Waals surface area contributed by atoms with E-state index in [9.17, 15) is 26.3 Å². The van der Waals surface area contributed by atoms with E-state index in [0.717, 1.165) is 12.1 Å². The average molecular weight is 347 g/mol. The van der Waals surface area contributed by atoms with Gasteiger partial charge in [-0.05, 0) is 17.7 Å². The van der Waals surface area contributed by atoms with E-state index in [2.05, 4.69) is 9.99 Å². The fraction of sp³-hybridized carbons (Fsp3) is 0.188. The van der Waals surface area contributed by atoms with E-state index in [0.29, 0.717) is 17.7 Å². The van der Waals surface area contributed by atoms with E-state index < -0.39 is 29.2 Å². The van der Waals surface area contributed by atoms with Crippen LogP contribution in [0.4, 0.5) is 26.3 Å². The van der Waals surface area contributed by atoms with E-state index in [1.807, 2.05) is 0 Å². The molecule has 0 aromatic heterocycles. The minimum Gasteiger partial charge on any atom is -0.390 e. The second kappa shape index (κ2) is 6.94. The van der Waals surface area contributed by atoms with E-state index in [-0.39, 0.29) is 6.61 Å². The molecule has 0 saturated heterocycles. The molecule has 2 aromatic rings. The Hall–Kier alpha value is -2.51. The van der Waals surface area contributed by atoms with Crippen molar-refractivity contribution in [2.45, 2.75) is 19.0 Å². The second-order valence-electron chi connectivity index (χ2n) is 4.78. The van der Waals surface area contributed by atoms with Gasteiger partial charge in [-0.25, -0.2) is 0 Å². The molecule has 0 saturated carbocycles. The highest BCUT2D eigenvalue weighted by Gasteiger charge is 2.39. The Morgan fingerprint density at radius 1 is 0.875 bits per heavy atom. The summed E-state index contributed by atoms with van der Waals surface area (Å²) in [4.78, 5) is 4.67. The van der Waals surface area contributed by atoms with Gasteiger partial charge in [-0.2, -0.15) is 26.3 Å². The first-order valence-electron chi connectivity index (χ1n) is 6.66. The van der Waals surface area contributed by atoms with Crippen LogP contribution in [0.1, 0.15) is 16.7 Å². The highest BCUT2D eigenvalue weighted by atomic mass is 19.4. The minimum absolute atomic E-state index is 0.237. The molecule has 0 unspecified atom stereocenters. The normalized spacial score (nSPS) is 13.0. The van der Waals surface area contributed by atoms with Gasteiger partial charge in [0.15, 0.2) is 5.71 Å². The van der Waals surface area contributed by atoms with Crippen LogP contribution in [-0.4, -0.2) is 11.9 Å². The first kappa shape index (κ1) is 17.8. The minimum atomic E-state index is -4.96. The number of oxime groups is 1. The van der Waals surface area contributed by atoms with Gasteiger partial charge >= 0.3 is 12.4 Å². The van der Waals surface area contributed by atoms with E-state index in [1.165, 1.54) is 0 Å². The van der Waals surface area contributed by atoms with E-state index >= 15 is 0 Å². The molecule has 2 nitrogen and oxygen atoms in total. The van der Waals surface area contributed by atoms with Crippen LogP contribution in [-0.2, 0) is 17.6 Å². The Morgan fingerprint density at radius 2 is 1.54 bits per heavy atom. The van der Waals surface area contributed by atoms with Gasteiger partial charge in [0.25, 0.3) is 0 Å². The van der Waals surface area contributed by atoms with Gasteiger partial charge in [0.2, 0.25) is 0 Å². The fourth-order valence-electron chi connectivity index (χ4n) is 1.86. The van der Waals surface area contributed by atoms with Crippen molar-refractivity contribution in [3.8, 4) is 0 Å². The van der Waals surface area contributed by atoms with Crippen molar-refractivity contribution < 1.29 is 31.2 Å². The molecule has 0 fully saturated rings. The summed E-state index contributed by atoms with van der Waals surface area (Å²) < 4.78 is 77.1. The number of benzene rings is 2. The molecule has 0 radical (unpaired) electrons. The fourth-order valence-corrected chi connectivity index (χ4v) is 1.86. The SMILES string of the molecule is FC(F)(F)/C(=N\OCc1ccccc1)c1cccc(C(F)(F)F)c1. The van der Waals surface area contributed by atoms with Crippen LogP contribution < -0.4 is 0 Å². The van der Waals surface area contributed by atoms with Crippen molar-refractivity contribution >= 4 is 5.71 Å². The van der Waals surface area contributed by atoms with E-state index in [4.69, 9.17) is 0 Å². The Labute approximate surface area is 133 Å². The Bertz CT molecular complexity index is 706. The third kappa shape index (κ3) is 4.74. The van der Waals surface area contributed by atoms with Crippen molar-refractivity contribution in [2.24, 2.45) is 5.16 Å². The summed E-state index contributed by atoms with van der Waals surface area (Å²) in [6, 6.07) is 11.1. The smallest absolute Gasteiger partial charge is 0.390 e. The quantitative estimate of drug-likeness (QED) is 0.424. The van der Waals surface area contributed by atoms with Crippen molar-refractivity contribution in [1.29, 1.82) is 0 Å². The van der Waals surface area contributed by atoms with Crippen LogP contribution in [0.15, 0.2) is 59.8 Å². The Kier molecular flexibility index (Phi) is 5.16. The maximum atomic E-state index is 13.1. The van der Waals surface area contributed by atoms with Gasteiger partial charge < -0.3 is 4.84 Å². The first-order chi connectivity index (χ1) is 11.2. The third-order valence-electron chi connectivity index (χ3n) is 2.96. The van der Waals surface area contributed by atoms with Crippen LogP contribution in [0, 0.1) is 0 Å². The standard InChI is InChI=1S/C16H11F6NO/c17-15(18,19)13-8-4-7-12(9-13)14(16(20,21)22)23-24-10-11-5-2-1-3-6-11/h1-9H,10H2/b23-14-. The van der Waals surface area contributed by atoms with E-state index in [1.54, 1.807) is 30.3 Å². The maximum absolute atomic E-state index is 13.1. The summed E-state index contributed by atoms with van der Waals surface area (Å²) in [5.74, 6) is 0. The van der Waals surface area contributed by atoms with Gasteiger partial charge in [-0.3, -0.25) is 0 Å². The number of alkyl halides is 6. The molecule has 0 N–H and O–H groups in total. The monoisotopic (exact) mass is 347 g/mol. The molecule has 2 aromatic carbocycles. The zero-order valence-corrected chi connectivity index (χ0v) is 12.0. The lowest BCUT2D eigenvalue weighted by molar-refractivity contribution is -0.137. The number of halogens is 6. The highest BCUT2D eigenvalue weighted by Crippen LogP contribution is 2.31. The molecule has 0 amide bonds. The predicted octanol–water partition coefficient (Wildman–Crippen LogP) is 5.19. The summed E-state index contributed by atoms with van der Waals surface area (Å²) >= 11 is 0. The van der Waals surface area contributed by atoms with Crippen molar-refractivity contribution in [2.75, 3.05) is 0 Å². The van der Waals surface area contributed by atoms with Crippen LogP contribution in [0.3, 0.4) is 0 Å². The zero-order valence-electron chi connectivity index (χ0n) is 12.0. The second-order valence-corrected chi connectivity index (χ2v) is 4.78. The molecule has 0 aliphatic carbocycles. The Morgan fingerprint density at radius 3 is 2.12 bits per heavy atom. The molecule has 24 heavy (non-hydrogen) atoms. The first-order valence-corrected chi connectivity index (χ1v) is 6.66. The lowest BCUT2D eigenvalue weighted by Gasteiger charge is -2.13. The van der Waals surface area contributed by atoms with Gasteiger partial charge in [0, 0.05) is 5.56 Å². The number of hydrogen-bond acceptors (Lipinski definition) is 2. The average Bonchev–Trinajstić information content (AvgIpc) is 2.51. The molecule has 0 bridgehead atoms. The van der Waals surface area contributed by atoms with Crippen LogP contribution in [0.5, 0.6) is 0 Å². The number of hydrogen-bond donors (Lipinski definition) is 0. The third-order valence-corrected chi connectivity index (χ3v) is 2.96. The largest absolute Gasteiger partial charge is 0.437 e. The van der Waals surface area contributed by atoms with Crippen LogP contribution in [0.25, 0.3) is 0 Å². The molecule has 0 spiro atoms. The lowest BCUT2D eigenvalue weighted by Crippen LogP contribution is -2.25. The molecule has 128 valence electrons. The maximum Gasteiger partial charge on any atom is 0.437 e. The van der Waals surface area contributed by atoms with Crippen LogP contribution >= 0.6 is 0 Å². The molecule has 0 heterocycles. The lowest BCUT2D eigenvalue weighted by atomic mass is 10.1. The van der Waals surface area contributed by atoms with Crippen molar-refractivity contribution in [3.63, 3.8) is 0 Å². The summed E-state index contributed by atoms with van der Waals surface area (Å²) in [6.45, 7) is -0.237. The van der Waals surface area contributed by atoms with Gasteiger partial charge in [0.05, 0.1) is 5.56 Å². The van der Waals surface area contributed by atoms with Gasteiger partial charge in [-0.1, -0.05) is 47.6 Å².